The van der Waals surface area contributed by atoms with Crippen molar-refractivity contribution in [2.75, 3.05) is 20.2 Å². The second-order valence-corrected chi connectivity index (χ2v) is 5.09. The van der Waals surface area contributed by atoms with Gasteiger partial charge in [-0.2, -0.15) is 0 Å². The quantitative estimate of drug-likeness (QED) is 0.611. The monoisotopic (exact) mass is 263 g/mol. The molecule has 108 valence electrons. The van der Waals surface area contributed by atoms with Gasteiger partial charge in [-0.1, -0.05) is 56.9 Å². The maximum absolute atomic E-state index is 5.80. The van der Waals surface area contributed by atoms with Gasteiger partial charge in [0.2, 0.25) is 0 Å². The van der Waals surface area contributed by atoms with Gasteiger partial charge in [-0.05, 0) is 37.6 Å². The molecule has 0 aliphatic carbocycles. The summed E-state index contributed by atoms with van der Waals surface area (Å²) in [5, 5.41) is 3.20. The predicted octanol–water partition coefficient (Wildman–Crippen LogP) is 3.94. The highest BCUT2D eigenvalue weighted by Gasteiger charge is 2.01. The summed E-state index contributed by atoms with van der Waals surface area (Å²) in [7, 11) is 2.00. The van der Waals surface area contributed by atoms with E-state index < -0.39 is 0 Å². The van der Waals surface area contributed by atoms with E-state index in [1.807, 2.05) is 7.05 Å². The van der Waals surface area contributed by atoms with Gasteiger partial charge in [-0.25, -0.2) is 0 Å². The summed E-state index contributed by atoms with van der Waals surface area (Å²) in [4.78, 5) is 0. The van der Waals surface area contributed by atoms with Crippen molar-refractivity contribution < 1.29 is 4.74 Å². The molecule has 1 aromatic carbocycles. The van der Waals surface area contributed by atoms with E-state index in [1.165, 1.54) is 43.2 Å². The Balaban J connectivity index is 2.21. The molecule has 0 aliphatic heterocycles. The maximum atomic E-state index is 5.80. The SMILES string of the molecule is CCCCCCCOCc1ccccc1CCNC. The van der Waals surface area contributed by atoms with Crippen LogP contribution in [-0.2, 0) is 17.8 Å². The first-order valence-electron chi connectivity index (χ1n) is 7.67. The van der Waals surface area contributed by atoms with E-state index in [4.69, 9.17) is 4.74 Å². The van der Waals surface area contributed by atoms with Crippen LogP contribution >= 0.6 is 0 Å². The van der Waals surface area contributed by atoms with Crippen LogP contribution in [0.3, 0.4) is 0 Å². The zero-order valence-electron chi connectivity index (χ0n) is 12.6. The summed E-state index contributed by atoms with van der Waals surface area (Å²) in [6.45, 7) is 4.92. The van der Waals surface area contributed by atoms with E-state index in [2.05, 4.69) is 36.5 Å². The average Bonchev–Trinajstić information content (AvgIpc) is 2.45. The minimum Gasteiger partial charge on any atom is -0.377 e. The van der Waals surface area contributed by atoms with Crippen molar-refractivity contribution in [2.45, 2.75) is 52.1 Å². The number of hydrogen-bond acceptors (Lipinski definition) is 2. The molecule has 0 heterocycles. The number of rotatable bonds is 11. The molecule has 1 aromatic rings. The molecular formula is C17H29NO. The van der Waals surface area contributed by atoms with Crippen molar-refractivity contribution in [2.24, 2.45) is 0 Å². The molecule has 2 heteroatoms. The summed E-state index contributed by atoms with van der Waals surface area (Å²) in [5.74, 6) is 0. The van der Waals surface area contributed by atoms with E-state index in [9.17, 15) is 0 Å². The Morgan fingerprint density at radius 3 is 2.47 bits per heavy atom. The molecule has 0 saturated heterocycles. The topological polar surface area (TPSA) is 21.3 Å². The van der Waals surface area contributed by atoms with E-state index in [1.54, 1.807) is 0 Å². The predicted molar refractivity (Wildman–Crippen MR) is 82.5 cm³/mol. The van der Waals surface area contributed by atoms with Gasteiger partial charge in [0, 0.05) is 6.61 Å². The van der Waals surface area contributed by atoms with Crippen molar-refractivity contribution in [3.63, 3.8) is 0 Å². The van der Waals surface area contributed by atoms with Crippen LogP contribution in [-0.4, -0.2) is 20.2 Å². The minimum atomic E-state index is 0.758. The lowest BCUT2D eigenvalue weighted by molar-refractivity contribution is 0.116. The second-order valence-electron chi connectivity index (χ2n) is 5.09. The Labute approximate surface area is 118 Å². The van der Waals surface area contributed by atoms with Gasteiger partial charge in [-0.3, -0.25) is 0 Å². The number of unbranched alkanes of at least 4 members (excludes halogenated alkanes) is 4. The van der Waals surface area contributed by atoms with Gasteiger partial charge in [0.1, 0.15) is 0 Å². The third-order valence-electron chi connectivity index (χ3n) is 3.41. The highest BCUT2D eigenvalue weighted by atomic mass is 16.5. The minimum absolute atomic E-state index is 0.758. The Bertz CT molecular complexity index is 325. The first kappa shape index (κ1) is 16.2. The van der Waals surface area contributed by atoms with Crippen LogP contribution in [0, 0.1) is 0 Å². The van der Waals surface area contributed by atoms with Crippen LogP contribution in [0.15, 0.2) is 24.3 Å². The van der Waals surface area contributed by atoms with Gasteiger partial charge in [0.25, 0.3) is 0 Å². The van der Waals surface area contributed by atoms with Crippen molar-refractivity contribution in [3.05, 3.63) is 35.4 Å². The molecule has 0 aliphatic rings. The van der Waals surface area contributed by atoms with Crippen LogP contribution in [0.25, 0.3) is 0 Å². The molecule has 1 rings (SSSR count). The lowest BCUT2D eigenvalue weighted by Gasteiger charge is -2.10. The van der Waals surface area contributed by atoms with Crippen molar-refractivity contribution >= 4 is 0 Å². The van der Waals surface area contributed by atoms with Gasteiger partial charge >= 0.3 is 0 Å². The Hall–Kier alpha value is -0.860. The smallest absolute Gasteiger partial charge is 0.0719 e. The Morgan fingerprint density at radius 1 is 1.00 bits per heavy atom. The lowest BCUT2D eigenvalue weighted by atomic mass is 10.1. The summed E-state index contributed by atoms with van der Waals surface area (Å²) in [6.07, 6.45) is 7.58. The van der Waals surface area contributed by atoms with Crippen LogP contribution in [0.4, 0.5) is 0 Å². The second kappa shape index (κ2) is 11.0. The Kier molecular flexibility index (Phi) is 9.38. The van der Waals surface area contributed by atoms with Gasteiger partial charge in [0.05, 0.1) is 6.61 Å². The summed E-state index contributed by atoms with van der Waals surface area (Å²) in [6, 6.07) is 8.60. The largest absolute Gasteiger partial charge is 0.377 e. The molecular weight excluding hydrogens is 234 g/mol. The normalized spacial score (nSPS) is 10.8. The first-order chi connectivity index (χ1) is 9.38. The van der Waals surface area contributed by atoms with Crippen molar-refractivity contribution in [3.8, 4) is 0 Å². The van der Waals surface area contributed by atoms with Crippen LogP contribution in [0.2, 0.25) is 0 Å². The fourth-order valence-electron chi connectivity index (χ4n) is 2.19. The molecule has 0 aromatic heterocycles. The zero-order valence-corrected chi connectivity index (χ0v) is 12.6. The van der Waals surface area contributed by atoms with Gasteiger partial charge < -0.3 is 10.1 Å². The molecule has 0 atom stereocenters. The van der Waals surface area contributed by atoms with E-state index in [0.29, 0.717) is 0 Å². The van der Waals surface area contributed by atoms with Crippen LogP contribution < -0.4 is 5.32 Å². The fourth-order valence-corrected chi connectivity index (χ4v) is 2.19. The molecule has 0 bridgehead atoms. The van der Waals surface area contributed by atoms with E-state index in [0.717, 1.165) is 26.2 Å². The average molecular weight is 263 g/mol. The number of likely N-dealkylation sites (N-methyl/N-ethyl adjacent to an activating group) is 1. The molecule has 0 radical (unpaired) electrons. The highest BCUT2D eigenvalue weighted by Crippen LogP contribution is 2.11. The molecule has 2 nitrogen and oxygen atoms in total. The third kappa shape index (κ3) is 7.34. The summed E-state index contributed by atoms with van der Waals surface area (Å²) >= 11 is 0. The first-order valence-corrected chi connectivity index (χ1v) is 7.67. The molecule has 0 unspecified atom stereocenters. The highest BCUT2D eigenvalue weighted by molar-refractivity contribution is 5.26. The van der Waals surface area contributed by atoms with E-state index in [-0.39, 0.29) is 0 Å². The van der Waals surface area contributed by atoms with Crippen LogP contribution in [0.1, 0.15) is 50.2 Å². The summed E-state index contributed by atoms with van der Waals surface area (Å²) < 4.78 is 5.80. The van der Waals surface area contributed by atoms with Crippen LogP contribution in [0.5, 0.6) is 0 Å². The fraction of sp³-hybridized carbons (Fsp3) is 0.647. The van der Waals surface area contributed by atoms with Crippen molar-refractivity contribution in [1.82, 2.24) is 5.32 Å². The molecule has 0 amide bonds. The molecule has 0 spiro atoms. The van der Waals surface area contributed by atoms with E-state index >= 15 is 0 Å². The van der Waals surface area contributed by atoms with Gasteiger partial charge in [0.15, 0.2) is 0 Å². The van der Waals surface area contributed by atoms with Crippen molar-refractivity contribution in [1.29, 1.82) is 0 Å². The third-order valence-corrected chi connectivity index (χ3v) is 3.41. The number of hydrogen-bond donors (Lipinski definition) is 1. The lowest BCUT2D eigenvalue weighted by Crippen LogP contribution is -2.11. The summed E-state index contributed by atoms with van der Waals surface area (Å²) in [5.41, 5.74) is 2.74. The zero-order chi connectivity index (χ0) is 13.8. The Morgan fingerprint density at radius 2 is 1.74 bits per heavy atom. The molecule has 0 fully saturated rings. The number of benzene rings is 1. The number of nitrogens with one attached hydrogen (secondary N) is 1. The molecule has 1 N–H and O–H groups in total. The maximum Gasteiger partial charge on any atom is 0.0719 e. The molecule has 19 heavy (non-hydrogen) atoms. The standard InChI is InChI=1S/C17H29NO/c1-3-4-5-6-9-14-19-15-17-11-8-7-10-16(17)12-13-18-2/h7-8,10-11,18H,3-6,9,12-15H2,1-2H3. The number of ether oxygens (including phenoxy) is 1. The van der Waals surface area contributed by atoms with Gasteiger partial charge in [-0.15, -0.1) is 0 Å². The molecule has 0 saturated carbocycles.